The van der Waals surface area contributed by atoms with E-state index in [1.54, 1.807) is 6.92 Å². The number of aryl methyl sites for hydroxylation is 1. The molecule has 0 spiro atoms. The van der Waals surface area contributed by atoms with Crippen molar-refractivity contribution in [2.24, 2.45) is 5.92 Å². The van der Waals surface area contributed by atoms with Gasteiger partial charge in [-0.3, -0.25) is 9.59 Å². The number of benzene rings is 1. The molecule has 1 aromatic carbocycles. The van der Waals surface area contributed by atoms with E-state index in [1.165, 1.54) is 17.2 Å². The van der Waals surface area contributed by atoms with Gasteiger partial charge < -0.3 is 10.0 Å². The first-order valence-corrected chi connectivity index (χ1v) is 7.91. The zero-order valence-electron chi connectivity index (χ0n) is 13.6. The van der Waals surface area contributed by atoms with Crippen molar-refractivity contribution in [1.82, 2.24) is 14.7 Å². The summed E-state index contributed by atoms with van der Waals surface area (Å²) >= 11 is 0. The number of carbonyl (C=O) groups excluding carboxylic acids is 1. The molecule has 1 N–H and O–H groups in total. The fourth-order valence-corrected chi connectivity index (χ4v) is 3.01. The number of rotatable bonds is 3. The molecule has 0 radical (unpaired) electrons. The van der Waals surface area contributed by atoms with Crippen LogP contribution in [-0.2, 0) is 4.79 Å². The third kappa shape index (κ3) is 3.24. The lowest BCUT2D eigenvalue weighted by Crippen LogP contribution is -2.42. The van der Waals surface area contributed by atoms with Crippen LogP contribution in [0.3, 0.4) is 0 Å². The summed E-state index contributed by atoms with van der Waals surface area (Å²) in [7, 11) is 0. The van der Waals surface area contributed by atoms with Gasteiger partial charge in [0.05, 0.1) is 5.92 Å². The molecule has 132 valence electrons. The maximum atomic E-state index is 13.9. The summed E-state index contributed by atoms with van der Waals surface area (Å²) in [6.45, 7) is 2.16. The average Bonchev–Trinajstić information content (AvgIpc) is 2.95. The van der Waals surface area contributed by atoms with Gasteiger partial charge in [0.15, 0.2) is 17.3 Å². The minimum atomic E-state index is -0.937. The minimum Gasteiger partial charge on any atom is -0.481 e. The summed E-state index contributed by atoms with van der Waals surface area (Å²) in [6, 6.07) is 3.47. The number of likely N-dealkylation sites (tertiary alicyclic amines) is 1. The van der Waals surface area contributed by atoms with Crippen LogP contribution >= 0.6 is 0 Å². The summed E-state index contributed by atoms with van der Waals surface area (Å²) in [5.74, 6) is -3.55. The highest BCUT2D eigenvalue weighted by Gasteiger charge is 2.30. The number of nitrogens with zero attached hydrogens (tertiary/aromatic N) is 3. The van der Waals surface area contributed by atoms with Crippen molar-refractivity contribution >= 4 is 11.9 Å². The van der Waals surface area contributed by atoms with Gasteiger partial charge in [-0.1, -0.05) is 6.07 Å². The Morgan fingerprint density at radius 1 is 1.28 bits per heavy atom. The fraction of sp³-hybridized carbons (Fsp3) is 0.353. The number of aromatic nitrogens is 2. The normalized spacial score (nSPS) is 17.6. The largest absolute Gasteiger partial charge is 0.481 e. The lowest BCUT2D eigenvalue weighted by molar-refractivity contribution is -0.143. The van der Waals surface area contributed by atoms with Crippen LogP contribution in [0.5, 0.6) is 0 Å². The maximum absolute atomic E-state index is 13.9. The van der Waals surface area contributed by atoms with Crippen LogP contribution in [0.25, 0.3) is 5.69 Å². The highest BCUT2D eigenvalue weighted by molar-refractivity contribution is 5.94. The third-order valence-corrected chi connectivity index (χ3v) is 4.32. The molecule has 1 atom stereocenters. The maximum Gasteiger partial charge on any atom is 0.308 e. The summed E-state index contributed by atoms with van der Waals surface area (Å²) < 4.78 is 28.8. The topological polar surface area (TPSA) is 75.4 Å². The minimum absolute atomic E-state index is 0.0636. The molecule has 3 rings (SSSR count). The van der Waals surface area contributed by atoms with Crippen molar-refractivity contribution in [2.45, 2.75) is 19.8 Å². The van der Waals surface area contributed by atoms with Gasteiger partial charge in [-0.25, -0.2) is 13.5 Å². The first-order chi connectivity index (χ1) is 11.9. The lowest BCUT2D eigenvalue weighted by Gasteiger charge is -2.30. The quantitative estimate of drug-likeness (QED) is 0.923. The van der Waals surface area contributed by atoms with Gasteiger partial charge in [0, 0.05) is 24.8 Å². The Bertz CT molecular complexity index is 814. The Kier molecular flexibility index (Phi) is 4.52. The Hall–Kier alpha value is -2.77. The van der Waals surface area contributed by atoms with Crippen molar-refractivity contribution in [3.8, 4) is 5.69 Å². The summed E-state index contributed by atoms with van der Waals surface area (Å²) in [5.41, 5.74) is 0.172. The van der Waals surface area contributed by atoms with Gasteiger partial charge in [0.25, 0.3) is 5.91 Å². The van der Waals surface area contributed by atoms with Crippen LogP contribution in [0.2, 0.25) is 0 Å². The average molecular weight is 349 g/mol. The number of hydrogen-bond acceptors (Lipinski definition) is 3. The number of aliphatic carboxylic acids is 1. The number of carboxylic acids is 1. The van der Waals surface area contributed by atoms with Gasteiger partial charge in [-0.05, 0) is 31.9 Å². The zero-order valence-corrected chi connectivity index (χ0v) is 13.6. The Labute approximate surface area is 142 Å². The zero-order chi connectivity index (χ0) is 18.1. The first kappa shape index (κ1) is 17.1. The Morgan fingerprint density at radius 2 is 1.96 bits per heavy atom. The number of amides is 1. The molecule has 0 bridgehead atoms. The molecular weight excluding hydrogens is 332 g/mol. The summed E-state index contributed by atoms with van der Waals surface area (Å²) in [6.07, 6.45) is 2.49. The monoisotopic (exact) mass is 349 g/mol. The SMILES string of the molecule is Cc1cn(-c2c(F)cccc2F)nc1C(=O)N1CCCC(C(=O)O)C1. The van der Waals surface area contributed by atoms with E-state index in [4.69, 9.17) is 5.11 Å². The van der Waals surface area contributed by atoms with E-state index in [1.807, 2.05) is 0 Å². The van der Waals surface area contributed by atoms with E-state index in [2.05, 4.69) is 5.10 Å². The van der Waals surface area contributed by atoms with Gasteiger partial charge in [0.2, 0.25) is 0 Å². The number of hydrogen-bond donors (Lipinski definition) is 1. The number of halogens is 2. The van der Waals surface area contributed by atoms with Crippen LogP contribution in [0.1, 0.15) is 28.9 Å². The molecule has 0 saturated carbocycles. The molecule has 1 aromatic heterocycles. The third-order valence-electron chi connectivity index (χ3n) is 4.32. The lowest BCUT2D eigenvalue weighted by atomic mass is 9.98. The van der Waals surface area contributed by atoms with Gasteiger partial charge in [-0.15, -0.1) is 0 Å². The molecule has 1 fully saturated rings. The summed E-state index contributed by atoms with van der Waals surface area (Å²) in [4.78, 5) is 25.3. The standard InChI is InChI=1S/C17H17F2N3O3/c1-10-8-22(15-12(18)5-2-6-13(15)19)20-14(10)16(23)21-7-3-4-11(9-21)17(24)25/h2,5-6,8,11H,3-4,7,9H2,1H3,(H,24,25). The van der Waals surface area contributed by atoms with E-state index < -0.39 is 29.4 Å². The Balaban J connectivity index is 1.90. The molecule has 1 amide bonds. The van der Waals surface area contributed by atoms with Crippen molar-refractivity contribution in [1.29, 1.82) is 0 Å². The second-order valence-corrected chi connectivity index (χ2v) is 6.10. The molecule has 25 heavy (non-hydrogen) atoms. The number of carboxylic acid groups (broad SMARTS) is 1. The Morgan fingerprint density at radius 3 is 2.60 bits per heavy atom. The van der Waals surface area contributed by atoms with Crippen LogP contribution < -0.4 is 0 Å². The molecule has 8 heteroatoms. The predicted octanol–water partition coefficient (Wildman–Crippen LogP) is 2.40. The van der Waals surface area contributed by atoms with Gasteiger partial charge >= 0.3 is 5.97 Å². The van der Waals surface area contributed by atoms with Gasteiger partial charge in [-0.2, -0.15) is 5.10 Å². The number of para-hydroxylation sites is 1. The second kappa shape index (κ2) is 6.62. The number of carbonyl (C=O) groups is 2. The molecule has 1 unspecified atom stereocenters. The van der Waals surface area contributed by atoms with Crippen molar-refractivity contribution < 1.29 is 23.5 Å². The van der Waals surface area contributed by atoms with Crippen molar-refractivity contribution in [2.75, 3.05) is 13.1 Å². The van der Waals surface area contributed by atoms with Crippen LogP contribution in [0.15, 0.2) is 24.4 Å². The predicted molar refractivity (Wildman–Crippen MR) is 84.5 cm³/mol. The smallest absolute Gasteiger partial charge is 0.308 e. The van der Waals surface area contributed by atoms with Gasteiger partial charge in [0.1, 0.15) is 5.69 Å². The second-order valence-electron chi connectivity index (χ2n) is 6.10. The van der Waals surface area contributed by atoms with E-state index in [0.717, 1.165) is 16.8 Å². The molecular formula is C17H17F2N3O3. The van der Waals surface area contributed by atoms with E-state index >= 15 is 0 Å². The van der Waals surface area contributed by atoms with Crippen LogP contribution in [-0.4, -0.2) is 44.8 Å². The van der Waals surface area contributed by atoms with Crippen molar-refractivity contribution in [3.63, 3.8) is 0 Å². The molecule has 6 nitrogen and oxygen atoms in total. The highest BCUT2D eigenvalue weighted by Crippen LogP contribution is 2.22. The fourth-order valence-electron chi connectivity index (χ4n) is 3.01. The molecule has 1 aliphatic rings. The molecule has 2 heterocycles. The molecule has 1 aliphatic heterocycles. The van der Waals surface area contributed by atoms with E-state index in [-0.39, 0.29) is 17.9 Å². The first-order valence-electron chi connectivity index (χ1n) is 7.91. The number of piperidine rings is 1. The van der Waals surface area contributed by atoms with E-state index in [0.29, 0.717) is 24.9 Å². The summed E-state index contributed by atoms with van der Waals surface area (Å²) in [5, 5.41) is 13.2. The van der Waals surface area contributed by atoms with E-state index in [9.17, 15) is 18.4 Å². The highest BCUT2D eigenvalue weighted by atomic mass is 19.1. The van der Waals surface area contributed by atoms with Crippen LogP contribution in [0, 0.1) is 24.5 Å². The molecule has 0 aliphatic carbocycles. The molecule has 2 aromatic rings. The van der Waals surface area contributed by atoms with Crippen LogP contribution in [0.4, 0.5) is 8.78 Å². The molecule has 1 saturated heterocycles. The van der Waals surface area contributed by atoms with Crippen molar-refractivity contribution in [3.05, 3.63) is 47.3 Å².